The van der Waals surface area contributed by atoms with E-state index in [1.807, 2.05) is 0 Å². The summed E-state index contributed by atoms with van der Waals surface area (Å²) in [5, 5.41) is 12.0. The third kappa shape index (κ3) is 3.34. The topological polar surface area (TPSA) is 67.8 Å². The second-order valence-electron chi connectivity index (χ2n) is 2.58. The smallest absolute Gasteiger partial charge is 0.177 e. The number of halogens is 3. The standard InChI is InChI=1S/C8H7Cl3N2O2/c9-4-1-5(10)8(6(11)2-4)15-3-7(12)13-14/h1-2,14H,3H2,(H2,12,13). The molecule has 1 aromatic rings. The van der Waals surface area contributed by atoms with Crippen LogP contribution in [0.25, 0.3) is 0 Å². The first-order valence-corrected chi connectivity index (χ1v) is 4.91. The van der Waals surface area contributed by atoms with Crippen LogP contribution in [0.1, 0.15) is 0 Å². The van der Waals surface area contributed by atoms with Crippen LogP contribution < -0.4 is 10.5 Å². The zero-order valence-corrected chi connectivity index (χ0v) is 9.64. The lowest BCUT2D eigenvalue weighted by atomic mass is 10.3. The molecule has 0 aliphatic rings. The van der Waals surface area contributed by atoms with E-state index in [1.165, 1.54) is 12.1 Å². The molecule has 0 spiro atoms. The van der Waals surface area contributed by atoms with Gasteiger partial charge in [-0.3, -0.25) is 0 Å². The van der Waals surface area contributed by atoms with E-state index in [9.17, 15) is 0 Å². The van der Waals surface area contributed by atoms with E-state index >= 15 is 0 Å². The van der Waals surface area contributed by atoms with Crippen LogP contribution >= 0.6 is 34.8 Å². The zero-order chi connectivity index (χ0) is 11.4. The van der Waals surface area contributed by atoms with Crippen molar-refractivity contribution in [1.82, 2.24) is 0 Å². The first-order chi connectivity index (χ1) is 7.04. The van der Waals surface area contributed by atoms with Crippen molar-refractivity contribution in [2.75, 3.05) is 6.61 Å². The Bertz CT molecular complexity index is 372. The molecule has 82 valence electrons. The maximum atomic E-state index is 8.29. The van der Waals surface area contributed by atoms with Gasteiger partial charge in [0.25, 0.3) is 0 Å². The van der Waals surface area contributed by atoms with E-state index in [0.717, 1.165) is 0 Å². The minimum absolute atomic E-state index is 0.0860. The summed E-state index contributed by atoms with van der Waals surface area (Å²) in [6.07, 6.45) is 0. The van der Waals surface area contributed by atoms with Crippen molar-refractivity contribution < 1.29 is 9.94 Å². The van der Waals surface area contributed by atoms with Gasteiger partial charge in [0.2, 0.25) is 0 Å². The Hall–Kier alpha value is -0.840. The quantitative estimate of drug-likeness (QED) is 0.384. The van der Waals surface area contributed by atoms with E-state index < -0.39 is 0 Å². The molecule has 15 heavy (non-hydrogen) atoms. The molecule has 0 saturated heterocycles. The molecule has 7 heteroatoms. The van der Waals surface area contributed by atoms with Crippen molar-refractivity contribution >= 4 is 40.6 Å². The molecular weight excluding hydrogens is 262 g/mol. The fourth-order valence-electron chi connectivity index (χ4n) is 0.842. The fourth-order valence-corrected chi connectivity index (χ4v) is 1.77. The molecule has 0 fully saturated rings. The van der Waals surface area contributed by atoms with Gasteiger partial charge in [0, 0.05) is 5.02 Å². The first kappa shape index (κ1) is 12.2. The van der Waals surface area contributed by atoms with Crippen LogP contribution in [-0.2, 0) is 0 Å². The maximum Gasteiger partial charge on any atom is 0.177 e. The highest BCUT2D eigenvalue weighted by molar-refractivity contribution is 6.40. The van der Waals surface area contributed by atoms with E-state index in [1.54, 1.807) is 0 Å². The van der Waals surface area contributed by atoms with E-state index in [-0.39, 0.29) is 28.2 Å². The summed E-state index contributed by atoms with van der Waals surface area (Å²) in [4.78, 5) is 0. The van der Waals surface area contributed by atoms with Crippen LogP contribution in [0.3, 0.4) is 0 Å². The molecular formula is C8H7Cl3N2O2. The van der Waals surface area contributed by atoms with Gasteiger partial charge in [-0.1, -0.05) is 40.0 Å². The Kier molecular flexibility index (Phi) is 4.32. The normalized spacial score (nSPS) is 11.5. The average molecular weight is 270 g/mol. The van der Waals surface area contributed by atoms with Crippen molar-refractivity contribution in [2.24, 2.45) is 10.9 Å². The Morgan fingerprint density at radius 3 is 2.33 bits per heavy atom. The Balaban J connectivity index is 2.86. The summed E-state index contributed by atoms with van der Waals surface area (Å²) in [5.74, 6) is 0.159. The van der Waals surface area contributed by atoms with Crippen molar-refractivity contribution in [1.29, 1.82) is 0 Å². The Morgan fingerprint density at radius 1 is 1.33 bits per heavy atom. The van der Waals surface area contributed by atoms with Crippen LogP contribution in [0.4, 0.5) is 0 Å². The molecule has 0 unspecified atom stereocenters. The third-order valence-corrected chi connectivity index (χ3v) is 2.24. The lowest BCUT2D eigenvalue weighted by Crippen LogP contribution is -2.21. The van der Waals surface area contributed by atoms with Gasteiger partial charge < -0.3 is 15.7 Å². The molecule has 0 aliphatic carbocycles. The number of hydrogen-bond acceptors (Lipinski definition) is 3. The van der Waals surface area contributed by atoms with Crippen molar-refractivity contribution in [3.8, 4) is 5.75 Å². The summed E-state index contributed by atoms with van der Waals surface area (Å²) < 4.78 is 5.14. The second kappa shape index (κ2) is 5.30. The highest BCUT2D eigenvalue weighted by atomic mass is 35.5. The molecule has 0 radical (unpaired) electrons. The van der Waals surface area contributed by atoms with Gasteiger partial charge in [0.1, 0.15) is 6.61 Å². The van der Waals surface area contributed by atoms with Gasteiger partial charge in [0.05, 0.1) is 10.0 Å². The summed E-state index contributed by atoms with van der Waals surface area (Å²) in [7, 11) is 0. The molecule has 4 nitrogen and oxygen atoms in total. The summed E-state index contributed by atoms with van der Waals surface area (Å²) in [6.45, 7) is -0.114. The highest BCUT2D eigenvalue weighted by Crippen LogP contribution is 2.35. The zero-order valence-electron chi connectivity index (χ0n) is 7.38. The largest absolute Gasteiger partial charge is 0.482 e. The minimum atomic E-state index is -0.114. The molecule has 0 aromatic heterocycles. The van der Waals surface area contributed by atoms with Crippen LogP contribution in [-0.4, -0.2) is 17.6 Å². The first-order valence-electron chi connectivity index (χ1n) is 3.78. The number of hydrogen-bond donors (Lipinski definition) is 2. The van der Waals surface area contributed by atoms with Gasteiger partial charge in [-0.25, -0.2) is 0 Å². The predicted octanol–water partition coefficient (Wildman–Crippen LogP) is 2.77. The molecule has 1 aromatic carbocycles. The van der Waals surface area contributed by atoms with E-state index in [0.29, 0.717) is 5.02 Å². The second-order valence-corrected chi connectivity index (χ2v) is 3.83. The van der Waals surface area contributed by atoms with Crippen LogP contribution in [0.2, 0.25) is 15.1 Å². The van der Waals surface area contributed by atoms with Crippen LogP contribution in [0.5, 0.6) is 5.75 Å². The SMILES string of the molecule is N/C(COc1c(Cl)cc(Cl)cc1Cl)=N\O. The number of nitrogens with two attached hydrogens (primary N) is 1. The van der Waals surface area contributed by atoms with Crippen molar-refractivity contribution in [2.45, 2.75) is 0 Å². The number of nitrogens with zero attached hydrogens (tertiary/aromatic N) is 1. The molecule has 0 saturated carbocycles. The van der Waals surface area contributed by atoms with Crippen molar-refractivity contribution in [3.63, 3.8) is 0 Å². The van der Waals surface area contributed by atoms with Crippen LogP contribution in [0.15, 0.2) is 17.3 Å². The molecule has 0 amide bonds. The molecule has 3 N–H and O–H groups in total. The summed E-state index contributed by atoms with van der Waals surface area (Å²) in [5.41, 5.74) is 5.21. The van der Waals surface area contributed by atoms with E-state index in [2.05, 4.69) is 5.16 Å². The summed E-state index contributed by atoms with van der Waals surface area (Å²) in [6, 6.07) is 2.97. The Labute approximate surface area is 101 Å². The molecule has 0 aliphatic heterocycles. The van der Waals surface area contributed by atoms with Gasteiger partial charge in [-0.05, 0) is 12.1 Å². The van der Waals surface area contributed by atoms with Gasteiger partial charge in [-0.15, -0.1) is 0 Å². The fraction of sp³-hybridized carbons (Fsp3) is 0.125. The lowest BCUT2D eigenvalue weighted by Gasteiger charge is -2.09. The van der Waals surface area contributed by atoms with Crippen molar-refractivity contribution in [3.05, 3.63) is 27.2 Å². The molecule has 0 atom stereocenters. The predicted molar refractivity (Wildman–Crippen MR) is 60.4 cm³/mol. The van der Waals surface area contributed by atoms with Gasteiger partial charge in [-0.2, -0.15) is 0 Å². The van der Waals surface area contributed by atoms with E-state index in [4.69, 9.17) is 50.5 Å². The number of ether oxygens (including phenoxy) is 1. The number of benzene rings is 1. The molecule has 0 bridgehead atoms. The van der Waals surface area contributed by atoms with Gasteiger partial charge >= 0.3 is 0 Å². The molecule has 0 heterocycles. The maximum absolute atomic E-state index is 8.29. The third-order valence-electron chi connectivity index (χ3n) is 1.46. The summed E-state index contributed by atoms with van der Waals surface area (Å²) >= 11 is 17.3. The number of oxime groups is 1. The average Bonchev–Trinajstić information content (AvgIpc) is 2.15. The highest BCUT2D eigenvalue weighted by Gasteiger charge is 2.09. The van der Waals surface area contributed by atoms with Crippen LogP contribution in [0, 0.1) is 0 Å². The number of rotatable bonds is 3. The monoisotopic (exact) mass is 268 g/mol. The number of amidine groups is 1. The van der Waals surface area contributed by atoms with Gasteiger partial charge in [0.15, 0.2) is 11.6 Å². The Morgan fingerprint density at radius 2 is 1.87 bits per heavy atom. The molecule has 1 rings (SSSR count). The minimum Gasteiger partial charge on any atom is -0.482 e. The lowest BCUT2D eigenvalue weighted by molar-refractivity contribution is 0.306.